The van der Waals surface area contributed by atoms with E-state index in [9.17, 15) is 0 Å². The van der Waals surface area contributed by atoms with Gasteiger partial charge in [-0.05, 0) is 25.9 Å². The van der Waals surface area contributed by atoms with Gasteiger partial charge in [-0.2, -0.15) is 0 Å². The van der Waals surface area contributed by atoms with Crippen molar-refractivity contribution in [2.45, 2.75) is 25.4 Å². The third kappa shape index (κ3) is 2.73. The molecule has 3 rings (SSSR count). The molecule has 0 unspecified atom stereocenters. The summed E-state index contributed by atoms with van der Waals surface area (Å²) in [7, 11) is 0. The molecule has 0 spiro atoms. The minimum Gasteiger partial charge on any atom is -0.486 e. The molecule has 0 bridgehead atoms. The first-order valence-electron chi connectivity index (χ1n) is 6.60. The molecular formula is C13H19N3O2. The summed E-state index contributed by atoms with van der Waals surface area (Å²) in [6, 6.07) is 2.57. The van der Waals surface area contributed by atoms with Crippen LogP contribution in [0.15, 0.2) is 12.3 Å². The fourth-order valence-electron chi connectivity index (χ4n) is 2.36. The van der Waals surface area contributed by atoms with Crippen molar-refractivity contribution in [1.29, 1.82) is 0 Å². The summed E-state index contributed by atoms with van der Waals surface area (Å²) in [5.41, 5.74) is 1.01. The molecular weight excluding hydrogens is 230 g/mol. The van der Waals surface area contributed by atoms with Crippen LogP contribution in [0.1, 0.15) is 18.5 Å². The van der Waals surface area contributed by atoms with Crippen molar-refractivity contribution in [3.05, 3.63) is 18.0 Å². The zero-order valence-electron chi connectivity index (χ0n) is 10.4. The van der Waals surface area contributed by atoms with E-state index in [1.165, 1.54) is 12.8 Å². The number of rotatable bonds is 3. The third-order valence-corrected chi connectivity index (χ3v) is 3.40. The molecule has 5 nitrogen and oxygen atoms in total. The van der Waals surface area contributed by atoms with Crippen LogP contribution in [0.25, 0.3) is 0 Å². The fourth-order valence-corrected chi connectivity index (χ4v) is 2.36. The predicted molar refractivity (Wildman–Crippen MR) is 68.0 cm³/mol. The predicted octanol–water partition coefficient (Wildman–Crippen LogP) is 0.694. The number of nitrogens with zero attached hydrogens (tertiary/aromatic N) is 1. The lowest BCUT2D eigenvalue weighted by atomic mass is 10.1. The maximum absolute atomic E-state index is 5.55. The highest BCUT2D eigenvalue weighted by molar-refractivity contribution is 5.39. The van der Waals surface area contributed by atoms with Gasteiger partial charge in [0.2, 0.25) is 0 Å². The Morgan fingerprint density at radius 1 is 1.22 bits per heavy atom. The van der Waals surface area contributed by atoms with Crippen molar-refractivity contribution in [2.75, 3.05) is 26.3 Å². The molecule has 2 N–H and O–H groups in total. The monoisotopic (exact) mass is 249 g/mol. The van der Waals surface area contributed by atoms with E-state index in [1.807, 2.05) is 6.07 Å². The summed E-state index contributed by atoms with van der Waals surface area (Å²) in [6.07, 6.45) is 4.13. The van der Waals surface area contributed by atoms with E-state index in [0.717, 1.165) is 36.8 Å². The van der Waals surface area contributed by atoms with Crippen molar-refractivity contribution >= 4 is 0 Å². The van der Waals surface area contributed by atoms with Crippen LogP contribution in [0, 0.1) is 0 Å². The molecule has 2 aliphatic rings. The first-order valence-corrected chi connectivity index (χ1v) is 6.60. The first kappa shape index (κ1) is 11.7. The molecule has 1 aromatic rings. The molecule has 0 aliphatic carbocycles. The van der Waals surface area contributed by atoms with Gasteiger partial charge in [0.15, 0.2) is 11.5 Å². The Hall–Kier alpha value is -1.33. The van der Waals surface area contributed by atoms with Crippen molar-refractivity contribution in [1.82, 2.24) is 15.6 Å². The van der Waals surface area contributed by atoms with Crippen LogP contribution >= 0.6 is 0 Å². The van der Waals surface area contributed by atoms with E-state index in [4.69, 9.17) is 9.47 Å². The molecule has 1 aromatic heterocycles. The highest BCUT2D eigenvalue weighted by Crippen LogP contribution is 2.29. The summed E-state index contributed by atoms with van der Waals surface area (Å²) < 4.78 is 11.0. The molecule has 0 amide bonds. The van der Waals surface area contributed by atoms with Crippen molar-refractivity contribution in [2.24, 2.45) is 0 Å². The standard InChI is InChI=1S/C13H19N3O2/c1-3-14-4-2-10(1)15-8-11-7-12-13(9-16-11)18-6-5-17-12/h7,9-10,14-15H,1-6,8H2. The zero-order chi connectivity index (χ0) is 12.2. The maximum Gasteiger partial charge on any atom is 0.179 e. The lowest BCUT2D eigenvalue weighted by molar-refractivity contribution is 0.170. The smallest absolute Gasteiger partial charge is 0.179 e. The molecule has 0 radical (unpaired) electrons. The van der Waals surface area contributed by atoms with Gasteiger partial charge in [0.1, 0.15) is 13.2 Å². The number of hydrogen-bond donors (Lipinski definition) is 2. The molecule has 2 aliphatic heterocycles. The second-order valence-electron chi connectivity index (χ2n) is 4.72. The van der Waals surface area contributed by atoms with Gasteiger partial charge < -0.3 is 20.1 Å². The average Bonchev–Trinajstić information content (AvgIpc) is 2.46. The van der Waals surface area contributed by atoms with Gasteiger partial charge in [0.05, 0.1) is 11.9 Å². The minimum atomic E-state index is 0.598. The Balaban J connectivity index is 1.58. The van der Waals surface area contributed by atoms with Crippen LogP contribution in [0.3, 0.4) is 0 Å². The number of fused-ring (bicyclic) bond motifs is 1. The van der Waals surface area contributed by atoms with Gasteiger partial charge in [0, 0.05) is 18.7 Å². The molecule has 5 heteroatoms. The molecule has 0 aromatic carbocycles. The SMILES string of the molecule is c1nc(CNC2CCNCC2)cc2c1OCCO2. The van der Waals surface area contributed by atoms with E-state index in [1.54, 1.807) is 6.20 Å². The second-order valence-corrected chi connectivity index (χ2v) is 4.72. The van der Waals surface area contributed by atoms with Crippen LogP contribution in [0.4, 0.5) is 0 Å². The molecule has 3 heterocycles. The highest BCUT2D eigenvalue weighted by atomic mass is 16.6. The third-order valence-electron chi connectivity index (χ3n) is 3.40. The Morgan fingerprint density at radius 2 is 2.00 bits per heavy atom. The molecule has 0 saturated carbocycles. The first-order chi connectivity index (χ1) is 8.92. The molecule has 1 fully saturated rings. The average molecular weight is 249 g/mol. The summed E-state index contributed by atoms with van der Waals surface area (Å²) >= 11 is 0. The number of nitrogens with one attached hydrogen (secondary N) is 2. The lowest BCUT2D eigenvalue weighted by Gasteiger charge is -2.24. The van der Waals surface area contributed by atoms with Crippen molar-refractivity contribution in [3.8, 4) is 11.5 Å². The van der Waals surface area contributed by atoms with E-state index in [0.29, 0.717) is 19.3 Å². The Labute approximate surface area is 107 Å². The summed E-state index contributed by atoms with van der Waals surface area (Å²) in [5, 5.41) is 6.91. The van der Waals surface area contributed by atoms with Gasteiger partial charge in [0.25, 0.3) is 0 Å². The lowest BCUT2D eigenvalue weighted by Crippen LogP contribution is -2.39. The summed E-state index contributed by atoms with van der Waals surface area (Å²) in [5.74, 6) is 1.57. The summed E-state index contributed by atoms with van der Waals surface area (Å²) in [6.45, 7) is 4.24. The zero-order valence-corrected chi connectivity index (χ0v) is 10.4. The van der Waals surface area contributed by atoms with Crippen LogP contribution in [-0.2, 0) is 6.54 Å². The molecule has 98 valence electrons. The maximum atomic E-state index is 5.55. The van der Waals surface area contributed by atoms with Gasteiger partial charge in [-0.1, -0.05) is 0 Å². The molecule has 0 atom stereocenters. The number of ether oxygens (including phenoxy) is 2. The van der Waals surface area contributed by atoms with Crippen molar-refractivity contribution in [3.63, 3.8) is 0 Å². The van der Waals surface area contributed by atoms with Crippen LogP contribution in [0.5, 0.6) is 11.5 Å². The second kappa shape index (κ2) is 5.54. The van der Waals surface area contributed by atoms with Gasteiger partial charge in [-0.15, -0.1) is 0 Å². The van der Waals surface area contributed by atoms with Gasteiger partial charge in [-0.25, -0.2) is 0 Å². The van der Waals surface area contributed by atoms with Crippen molar-refractivity contribution < 1.29 is 9.47 Å². The van der Waals surface area contributed by atoms with Crippen LogP contribution in [0.2, 0.25) is 0 Å². The van der Waals surface area contributed by atoms with E-state index in [-0.39, 0.29) is 0 Å². The van der Waals surface area contributed by atoms with E-state index in [2.05, 4.69) is 15.6 Å². The number of piperidine rings is 1. The van der Waals surface area contributed by atoms with Gasteiger partial charge >= 0.3 is 0 Å². The number of aromatic nitrogens is 1. The van der Waals surface area contributed by atoms with Crippen LogP contribution < -0.4 is 20.1 Å². The Kier molecular flexibility index (Phi) is 3.61. The fraction of sp³-hybridized carbons (Fsp3) is 0.615. The Bertz CT molecular complexity index is 405. The summed E-state index contributed by atoms with van der Waals surface area (Å²) in [4.78, 5) is 4.39. The number of pyridine rings is 1. The molecule has 1 saturated heterocycles. The minimum absolute atomic E-state index is 0.598. The van der Waals surface area contributed by atoms with Crippen LogP contribution in [-0.4, -0.2) is 37.3 Å². The topological polar surface area (TPSA) is 55.4 Å². The van der Waals surface area contributed by atoms with E-state index < -0.39 is 0 Å². The van der Waals surface area contributed by atoms with Gasteiger partial charge in [-0.3, -0.25) is 4.98 Å². The largest absolute Gasteiger partial charge is 0.486 e. The highest BCUT2D eigenvalue weighted by Gasteiger charge is 2.15. The van der Waals surface area contributed by atoms with E-state index >= 15 is 0 Å². The normalized spacial score (nSPS) is 19.8. The Morgan fingerprint density at radius 3 is 2.83 bits per heavy atom. The molecule has 18 heavy (non-hydrogen) atoms. The number of hydrogen-bond acceptors (Lipinski definition) is 5. The quantitative estimate of drug-likeness (QED) is 0.825.